The van der Waals surface area contributed by atoms with E-state index in [4.69, 9.17) is 16.1 Å². The maximum atomic E-state index is 14.4. The van der Waals surface area contributed by atoms with Crippen molar-refractivity contribution in [3.63, 3.8) is 0 Å². The maximum Gasteiger partial charge on any atom is 0.296 e. The Bertz CT molecular complexity index is 1620. The third kappa shape index (κ3) is 5.39. The number of aromatic nitrogens is 5. The SMILES string of the molecule is C[C@H](c1nc(C(=O)Nc2cnoc2)c(O)c(=O)n1C)[C@H](c1cnn(C(C)(C)CC#N)c1)c1cc(F)ccc1Cl. The average Bonchev–Trinajstić information content (AvgIpc) is 3.58. The summed E-state index contributed by atoms with van der Waals surface area (Å²) in [6.07, 6.45) is 5.92. The number of anilines is 1. The van der Waals surface area contributed by atoms with Crippen molar-refractivity contribution < 1.29 is 18.8 Å². The van der Waals surface area contributed by atoms with E-state index in [1.807, 2.05) is 13.8 Å². The number of hydrogen-bond donors (Lipinski definition) is 2. The van der Waals surface area contributed by atoms with E-state index >= 15 is 0 Å². The van der Waals surface area contributed by atoms with Crippen molar-refractivity contribution >= 4 is 23.2 Å². The van der Waals surface area contributed by atoms with Crippen LogP contribution in [0, 0.1) is 17.1 Å². The van der Waals surface area contributed by atoms with E-state index in [0.29, 0.717) is 11.1 Å². The number of rotatable bonds is 8. The summed E-state index contributed by atoms with van der Waals surface area (Å²) in [7, 11) is 1.41. The normalized spacial score (nSPS) is 13.1. The Labute approximate surface area is 227 Å². The highest BCUT2D eigenvalue weighted by molar-refractivity contribution is 6.31. The maximum absolute atomic E-state index is 14.4. The number of hydrogen-bond acceptors (Lipinski definition) is 8. The zero-order valence-corrected chi connectivity index (χ0v) is 22.3. The minimum Gasteiger partial charge on any atom is -0.501 e. The largest absolute Gasteiger partial charge is 0.501 e. The number of nitrogens with one attached hydrogen (secondary N) is 1. The summed E-state index contributed by atoms with van der Waals surface area (Å²) in [6, 6.07) is 6.09. The second kappa shape index (κ2) is 10.7. The molecule has 0 spiro atoms. The van der Waals surface area contributed by atoms with Gasteiger partial charge < -0.3 is 14.9 Å². The highest BCUT2D eigenvalue weighted by atomic mass is 35.5. The van der Waals surface area contributed by atoms with Crippen LogP contribution in [0.3, 0.4) is 0 Å². The Morgan fingerprint density at radius 1 is 1.36 bits per heavy atom. The summed E-state index contributed by atoms with van der Waals surface area (Å²) in [6.45, 7) is 5.45. The molecule has 11 nitrogen and oxygen atoms in total. The fourth-order valence-corrected chi connectivity index (χ4v) is 4.61. The van der Waals surface area contributed by atoms with Crippen LogP contribution >= 0.6 is 11.6 Å². The van der Waals surface area contributed by atoms with Crippen molar-refractivity contribution in [3.8, 4) is 11.8 Å². The Hall–Kier alpha value is -4.50. The first kappa shape index (κ1) is 27.5. The lowest BCUT2D eigenvalue weighted by molar-refractivity contribution is 0.101. The van der Waals surface area contributed by atoms with E-state index in [1.165, 1.54) is 37.7 Å². The Morgan fingerprint density at radius 3 is 2.77 bits per heavy atom. The molecule has 0 bridgehead atoms. The van der Waals surface area contributed by atoms with Crippen molar-refractivity contribution in [2.45, 2.75) is 44.6 Å². The number of carbonyl (C=O) groups excluding carboxylic acids is 1. The van der Waals surface area contributed by atoms with Crippen LogP contribution in [-0.4, -0.2) is 35.5 Å². The van der Waals surface area contributed by atoms with Gasteiger partial charge in [0.15, 0.2) is 5.69 Å². The molecule has 0 saturated heterocycles. The molecule has 3 heterocycles. The monoisotopic (exact) mass is 553 g/mol. The molecule has 202 valence electrons. The predicted molar refractivity (Wildman–Crippen MR) is 139 cm³/mol. The highest BCUT2D eigenvalue weighted by Gasteiger charge is 2.32. The first-order chi connectivity index (χ1) is 18.4. The van der Waals surface area contributed by atoms with Gasteiger partial charge in [-0.3, -0.25) is 18.8 Å². The topological polar surface area (TPSA) is 152 Å². The molecule has 4 aromatic rings. The van der Waals surface area contributed by atoms with Gasteiger partial charge >= 0.3 is 0 Å². The van der Waals surface area contributed by atoms with Crippen LogP contribution in [0.5, 0.6) is 5.75 Å². The summed E-state index contributed by atoms with van der Waals surface area (Å²) < 4.78 is 21.9. The minimum absolute atomic E-state index is 0.127. The number of nitrogens with zero attached hydrogens (tertiary/aromatic N) is 6. The van der Waals surface area contributed by atoms with Gasteiger partial charge in [0.1, 0.15) is 23.6 Å². The number of nitriles is 1. The second-order valence-electron chi connectivity index (χ2n) is 9.70. The Balaban J connectivity index is 1.86. The van der Waals surface area contributed by atoms with Crippen LogP contribution in [-0.2, 0) is 12.6 Å². The molecule has 0 aliphatic rings. The third-order valence-corrected chi connectivity index (χ3v) is 6.84. The van der Waals surface area contributed by atoms with Crippen LogP contribution in [0.15, 0.2) is 52.4 Å². The fourth-order valence-electron chi connectivity index (χ4n) is 4.37. The van der Waals surface area contributed by atoms with Gasteiger partial charge in [0, 0.05) is 30.1 Å². The van der Waals surface area contributed by atoms with Gasteiger partial charge in [-0.25, -0.2) is 9.37 Å². The van der Waals surface area contributed by atoms with Gasteiger partial charge in [-0.15, -0.1) is 0 Å². The molecule has 0 aliphatic carbocycles. The molecule has 4 rings (SSSR count). The molecular formula is C26H25ClFN7O4. The van der Waals surface area contributed by atoms with Crippen LogP contribution in [0.25, 0.3) is 0 Å². The first-order valence-corrected chi connectivity index (χ1v) is 12.2. The van der Waals surface area contributed by atoms with Gasteiger partial charge in [0.25, 0.3) is 11.5 Å². The van der Waals surface area contributed by atoms with Crippen LogP contribution in [0.2, 0.25) is 5.02 Å². The van der Waals surface area contributed by atoms with Crippen molar-refractivity contribution in [2.24, 2.45) is 7.05 Å². The van der Waals surface area contributed by atoms with Crippen molar-refractivity contribution in [1.82, 2.24) is 24.5 Å². The zero-order valence-electron chi connectivity index (χ0n) is 21.5. The van der Waals surface area contributed by atoms with Crippen molar-refractivity contribution in [2.75, 3.05) is 5.32 Å². The number of benzene rings is 1. The number of aromatic hydroxyl groups is 1. The van der Waals surface area contributed by atoms with E-state index in [0.717, 1.165) is 4.57 Å². The van der Waals surface area contributed by atoms with Crippen LogP contribution in [0.4, 0.5) is 10.1 Å². The summed E-state index contributed by atoms with van der Waals surface area (Å²) >= 11 is 6.53. The smallest absolute Gasteiger partial charge is 0.296 e. The Morgan fingerprint density at radius 2 is 2.10 bits per heavy atom. The first-order valence-electron chi connectivity index (χ1n) is 11.8. The lowest BCUT2D eigenvalue weighted by Gasteiger charge is -2.26. The molecule has 1 amide bonds. The molecular weight excluding hydrogens is 529 g/mol. The van der Waals surface area contributed by atoms with E-state index in [-0.39, 0.29) is 23.0 Å². The number of halogens is 2. The van der Waals surface area contributed by atoms with Gasteiger partial charge in [0.2, 0.25) is 5.75 Å². The number of carbonyl (C=O) groups is 1. The van der Waals surface area contributed by atoms with E-state index in [1.54, 1.807) is 24.0 Å². The lowest BCUT2D eigenvalue weighted by atomic mass is 9.82. The van der Waals surface area contributed by atoms with Gasteiger partial charge in [-0.1, -0.05) is 23.7 Å². The minimum atomic E-state index is -0.853. The van der Waals surface area contributed by atoms with Crippen LogP contribution < -0.4 is 10.9 Å². The standard InChI is InChI=1S/C26H25ClFN7O4/c1-14(23-33-21(22(36)25(38)34(23)4)24(37)32-17-11-31-39-13-17)20(18-9-16(28)5-6-19(18)27)15-10-30-35(12-15)26(2,3)7-8-29/h5-6,9-14,20,36H,7H2,1-4H3,(H,32,37)/t14-,20+/m0/s1. The molecule has 0 fully saturated rings. The fraction of sp³-hybridized carbons (Fsp3) is 0.308. The molecule has 2 atom stereocenters. The lowest BCUT2D eigenvalue weighted by Crippen LogP contribution is -2.29. The van der Waals surface area contributed by atoms with Gasteiger partial charge in [-0.05, 0) is 43.2 Å². The molecule has 0 unspecified atom stereocenters. The highest BCUT2D eigenvalue weighted by Crippen LogP contribution is 2.41. The third-order valence-electron chi connectivity index (χ3n) is 6.50. The van der Waals surface area contributed by atoms with E-state index in [2.05, 4.69) is 26.6 Å². The molecule has 13 heteroatoms. The number of amides is 1. The second-order valence-corrected chi connectivity index (χ2v) is 10.1. The predicted octanol–water partition coefficient (Wildman–Crippen LogP) is 4.30. The quantitative estimate of drug-likeness (QED) is 0.327. The summed E-state index contributed by atoms with van der Waals surface area (Å²) in [5.74, 6) is -3.45. The molecule has 0 radical (unpaired) electrons. The molecule has 39 heavy (non-hydrogen) atoms. The molecule has 3 aromatic heterocycles. The molecule has 0 aliphatic heterocycles. The van der Waals surface area contributed by atoms with Crippen molar-refractivity contribution in [3.05, 3.63) is 86.9 Å². The van der Waals surface area contributed by atoms with E-state index < -0.39 is 46.1 Å². The summed E-state index contributed by atoms with van der Waals surface area (Å²) in [5, 5.41) is 30.4. The Kier molecular flexibility index (Phi) is 7.56. The van der Waals surface area contributed by atoms with Crippen LogP contribution in [0.1, 0.15) is 66.5 Å². The summed E-state index contributed by atoms with van der Waals surface area (Å²) in [4.78, 5) is 30.2. The molecule has 1 aromatic carbocycles. The summed E-state index contributed by atoms with van der Waals surface area (Å²) in [5.41, 5.74) is -0.774. The zero-order chi connectivity index (χ0) is 28.5. The van der Waals surface area contributed by atoms with Gasteiger partial charge in [0.05, 0.1) is 30.4 Å². The van der Waals surface area contributed by atoms with Gasteiger partial charge in [-0.2, -0.15) is 10.4 Å². The average molecular weight is 554 g/mol. The molecule has 0 saturated carbocycles. The molecule has 2 N–H and O–H groups in total. The van der Waals surface area contributed by atoms with Crippen molar-refractivity contribution in [1.29, 1.82) is 5.26 Å². The van der Waals surface area contributed by atoms with E-state index in [9.17, 15) is 24.3 Å².